The summed E-state index contributed by atoms with van der Waals surface area (Å²) in [5, 5.41) is 8.85. The van der Waals surface area contributed by atoms with Gasteiger partial charge in [-0.3, -0.25) is 4.79 Å². The highest BCUT2D eigenvalue weighted by atomic mass is 16.5. The minimum absolute atomic E-state index is 0.0145. The summed E-state index contributed by atoms with van der Waals surface area (Å²) in [6.07, 6.45) is 0. The molecule has 1 atom stereocenters. The van der Waals surface area contributed by atoms with E-state index in [2.05, 4.69) is 6.07 Å². The minimum Gasteiger partial charge on any atom is -0.372 e. The number of ether oxygens (including phenoxy) is 1. The van der Waals surface area contributed by atoms with Crippen LogP contribution in [0.25, 0.3) is 0 Å². The highest BCUT2D eigenvalue weighted by molar-refractivity contribution is 5.94. The summed E-state index contributed by atoms with van der Waals surface area (Å²) >= 11 is 0. The Morgan fingerprint density at radius 1 is 1.47 bits per heavy atom. The molecule has 1 amide bonds. The molecule has 0 radical (unpaired) electrons. The van der Waals surface area contributed by atoms with Gasteiger partial charge < -0.3 is 9.64 Å². The minimum atomic E-state index is -0.151. The van der Waals surface area contributed by atoms with Crippen LogP contribution >= 0.6 is 0 Å². The Hall–Kier alpha value is -1.86. The number of carbonyl (C=O) groups is 1. The van der Waals surface area contributed by atoms with Crippen molar-refractivity contribution in [1.82, 2.24) is 4.90 Å². The molecule has 1 unspecified atom stereocenters. The van der Waals surface area contributed by atoms with Crippen molar-refractivity contribution in [2.75, 3.05) is 13.1 Å². The molecule has 0 aromatic heterocycles. The molecule has 1 aliphatic heterocycles. The Bertz CT molecular complexity index is 519. The largest absolute Gasteiger partial charge is 0.372 e. The fourth-order valence-corrected chi connectivity index (χ4v) is 2.21. The van der Waals surface area contributed by atoms with Crippen LogP contribution in [0.5, 0.6) is 0 Å². The quantitative estimate of drug-likeness (QED) is 0.833. The van der Waals surface area contributed by atoms with Gasteiger partial charge in [0, 0.05) is 18.7 Å². The van der Waals surface area contributed by atoms with Crippen LogP contribution < -0.4 is 0 Å². The summed E-state index contributed by atoms with van der Waals surface area (Å²) < 4.78 is 5.35. The van der Waals surface area contributed by atoms with Crippen LogP contribution in [0.1, 0.15) is 35.3 Å². The number of fused-ring (bicyclic) bond motifs is 1. The molecule has 4 heteroatoms. The first kappa shape index (κ1) is 13.6. The standard InChI is InChI=1S/C15H18N2O2/c1-3-17(8-11(2)7-16)15(18)12-4-5-13-9-19-10-14(13)6-12/h4-6,11H,3,8-10H2,1-2H3. The smallest absolute Gasteiger partial charge is 0.253 e. The Balaban J connectivity index is 2.16. The van der Waals surface area contributed by atoms with Crippen molar-refractivity contribution in [3.8, 4) is 6.07 Å². The van der Waals surface area contributed by atoms with E-state index in [1.54, 1.807) is 4.90 Å². The van der Waals surface area contributed by atoms with Crippen LogP contribution in [0.4, 0.5) is 0 Å². The zero-order chi connectivity index (χ0) is 13.8. The molecule has 1 aromatic carbocycles. The summed E-state index contributed by atoms with van der Waals surface area (Å²) in [6.45, 7) is 6.05. The average molecular weight is 258 g/mol. The van der Waals surface area contributed by atoms with Gasteiger partial charge in [0.15, 0.2) is 0 Å². The van der Waals surface area contributed by atoms with Crippen molar-refractivity contribution in [2.24, 2.45) is 5.92 Å². The van der Waals surface area contributed by atoms with Gasteiger partial charge in [-0.1, -0.05) is 6.07 Å². The number of nitriles is 1. The summed E-state index contributed by atoms with van der Waals surface area (Å²) in [4.78, 5) is 14.1. The number of benzene rings is 1. The molecule has 0 saturated carbocycles. The fraction of sp³-hybridized carbons (Fsp3) is 0.467. The van der Waals surface area contributed by atoms with Crippen molar-refractivity contribution < 1.29 is 9.53 Å². The molecule has 0 aliphatic carbocycles. The van der Waals surface area contributed by atoms with Gasteiger partial charge in [-0.25, -0.2) is 0 Å². The number of rotatable bonds is 4. The number of hydrogen-bond donors (Lipinski definition) is 0. The lowest BCUT2D eigenvalue weighted by Gasteiger charge is -2.22. The van der Waals surface area contributed by atoms with Crippen molar-refractivity contribution >= 4 is 5.91 Å². The molecule has 19 heavy (non-hydrogen) atoms. The van der Waals surface area contributed by atoms with Crippen LogP contribution in [0.15, 0.2) is 18.2 Å². The van der Waals surface area contributed by atoms with Crippen LogP contribution in [0.3, 0.4) is 0 Å². The first-order valence-electron chi connectivity index (χ1n) is 6.54. The lowest BCUT2D eigenvalue weighted by Crippen LogP contribution is -2.34. The van der Waals surface area contributed by atoms with Crippen LogP contribution in [-0.2, 0) is 18.0 Å². The molecule has 0 N–H and O–H groups in total. The molecule has 0 bridgehead atoms. The third-order valence-electron chi connectivity index (χ3n) is 3.35. The molecular formula is C15H18N2O2. The first-order chi connectivity index (χ1) is 9.15. The third-order valence-corrected chi connectivity index (χ3v) is 3.35. The SMILES string of the molecule is CCN(CC(C)C#N)C(=O)c1ccc2c(c1)COC2. The monoisotopic (exact) mass is 258 g/mol. The summed E-state index contributed by atoms with van der Waals surface area (Å²) in [5.41, 5.74) is 2.93. The van der Waals surface area contributed by atoms with E-state index in [4.69, 9.17) is 10.00 Å². The Morgan fingerprint density at radius 2 is 2.21 bits per heavy atom. The van der Waals surface area contributed by atoms with E-state index in [0.29, 0.717) is 31.9 Å². The summed E-state index contributed by atoms with van der Waals surface area (Å²) in [6, 6.07) is 7.87. The highest BCUT2D eigenvalue weighted by Gasteiger charge is 2.19. The van der Waals surface area contributed by atoms with Gasteiger partial charge in [-0.2, -0.15) is 5.26 Å². The first-order valence-corrected chi connectivity index (χ1v) is 6.54. The number of carbonyl (C=O) groups excluding carboxylic acids is 1. The zero-order valence-corrected chi connectivity index (χ0v) is 11.3. The zero-order valence-electron chi connectivity index (χ0n) is 11.3. The molecule has 0 spiro atoms. The van der Waals surface area contributed by atoms with Gasteiger partial charge in [0.1, 0.15) is 0 Å². The molecule has 0 saturated heterocycles. The van der Waals surface area contributed by atoms with E-state index >= 15 is 0 Å². The number of nitrogens with zero attached hydrogens (tertiary/aromatic N) is 2. The van der Waals surface area contributed by atoms with Crippen molar-refractivity contribution in [3.05, 3.63) is 34.9 Å². The maximum Gasteiger partial charge on any atom is 0.253 e. The van der Waals surface area contributed by atoms with E-state index in [0.717, 1.165) is 11.1 Å². The number of amides is 1. The van der Waals surface area contributed by atoms with Crippen molar-refractivity contribution in [1.29, 1.82) is 5.26 Å². The van der Waals surface area contributed by atoms with Crippen molar-refractivity contribution in [2.45, 2.75) is 27.1 Å². The normalized spacial score (nSPS) is 14.6. The van der Waals surface area contributed by atoms with E-state index in [-0.39, 0.29) is 11.8 Å². The second-order valence-corrected chi connectivity index (χ2v) is 4.85. The molecule has 4 nitrogen and oxygen atoms in total. The van der Waals surface area contributed by atoms with Crippen LogP contribution in [0.2, 0.25) is 0 Å². The second kappa shape index (κ2) is 5.85. The van der Waals surface area contributed by atoms with Gasteiger partial charge in [-0.05, 0) is 37.1 Å². The Morgan fingerprint density at radius 3 is 2.89 bits per heavy atom. The Kier molecular flexibility index (Phi) is 4.18. The molecule has 1 heterocycles. The molecule has 2 rings (SSSR count). The predicted octanol–water partition coefficient (Wildman–Crippen LogP) is 2.34. The predicted molar refractivity (Wildman–Crippen MR) is 71.3 cm³/mol. The van der Waals surface area contributed by atoms with Gasteiger partial charge in [-0.15, -0.1) is 0 Å². The lowest BCUT2D eigenvalue weighted by atomic mass is 10.0. The molecular weight excluding hydrogens is 240 g/mol. The lowest BCUT2D eigenvalue weighted by molar-refractivity contribution is 0.0752. The second-order valence-electron chi connectivity index (χ2n) is 4.85. The van der Waals surface area contributed by atoms with Gasteiger partial charge in [0.05, 0.1) is 25.2 Å². The molecule has 1 aromatic rings. The summed E-state index contributed by atoms with van der Waals surface area (Å²) in [7, 11) is 0. The van der Waals surface area contributed by atoms with E-state index in [1.165, 1.54) is 0 Å². The Labute approximate surface area is 113 Å². The average Bonchev–Trinajstić information content (AvgIpc) is 2.90. The molecule has 100 valence electrons. The highest BCUT2D eigenvalue weighted by Crippen LogP contribution is 2.21. The maximum atomic E-state index is 12.4. The van der Waals surface area contributed by atoms with Gasteiger partial charge >= 0.3 is 0 Å². The van der Waals surface area contributed by atoms with Gasteiger partial charge in [0.25, 0.3) is 5.91 Å². The molecule has 0 fully saturated rings. The van der Waals surface area contributed by atoms with Crippen LogP contribution in [0, 0.1) is 17.2 Å². The van der Waals surface area contributed by atoms with Crippen LogP contribution in [-0.4, -0.2) is 23.9 Å². The topological polar surface area (TPSA) is 53.3 Å². The van der Waals surface area contributed by atoms with Gasteiger partial charge in [0.2, 0.25) is 0 Å². The van der Waals surface area contributed by atoms with Crippen molar-refractivity contribution in [3.63, 3.8) is 0 Å². The maximum absolute atomic E-state index is 12.4. The van der Waals surface area contributed by atoms with E-state index in [1.807, 2.05) is 32.0 Å². The van der Waals surface area contributed by atoms with E-state index in [9.17, 15) is 4.79 Å². The fourth-order valence-electron chi connectivity index (χ4n) is 2.21. The number of hydrogen-bond acceptors (Lipinski definition) is 3. The molecule has 1 aliphatic rings. The summed E-state index contributed by atoms with van der Waals surface area (Å²) in [5.74, 6) is -0.166. The van der Waals surface area contributed by atoms with E-state index < -0.39 is 0 Å². The third kappa shape index (κ3) is 2.94.